The summed E-state index contributed by atoms with van der Waals surface area (Å²) in [6, 6.07) is 19.8. The number of thioether (sulfide) groups is 1. The van der Waals surface area contributed by atoms with E-state index in [2.05, 4.69) is 5.32 Å². The van der Waals surface area contributed by atoms with Crippen molar-refractivity contribution in [2.75, 3.05) is 17.2 Å². The summed E-state index contributed by atoms with van der Waals surface area (Å²) in [5, 5.41) is 10.5. The molecule has 0 fully saturated rings. The first-order chi connectivity index (χ1) is 17.8. The Hall–Kier alpha value is -3.07. The maximum absolute atomic E-state index is 13.6. The fourth-order valence-electron chi connectivity index (χ4n) is 4.42. The molecule has 2 aromatic carbocycles. The Kier molecular flexibility index (Phi) is 7.42. The van der Waals surface area contributed by atoms with E-state index >= 15 is 0 Å². The highest BCUT2D eigenvalue weighted by Gasteiger charge is 2.38. The number of benzene rings is 2. The van der Waals surface area contributed by atoms with Crippen molar-refractivity contribution in [3.63, 3.8) is 0 Å². The van der Waals surface area contributed by atoms with E-state index in [-0.39, 0.29) is 35.4 Å². The van der Waals surface area contributed by atoms with E-state index in [1.807, 2.05) is 91.5 Å². The van der Waals surface area contributed by atoms with Gasteiger partial charge in [0, 0.05) is 16.6 Å². The maximum Gasteiger partial charge on any atom is 0.240 e. The van der Waals surface area contributed by atoms with Crippen LogP contribution in [0.1, 0.15) is 35.8 Å². The molecule has 0 spiro atoms. The number of hydrogen-bond acceptors (Lipinski definition) is 5. The number of hydrogen-bond donors (Lipinski definition) is 1. The van der Waals surface area contributed by atoms with E-state index in [9.17, 15) is 9.59 Å². The highest BCUT2D eigenvalue weighted by molar-refractivity contribution is 8.00. The number of amides is 2. The van der Waals surface area contributed by atoms with Gasteiger partial charge in [-0.1, -0.05) is 47.5 Å². The molecule has 2 aromatic heterocycles. The predicted octanol–water partition coefficient (Wildman–Crippen LogP) is 6.26. The molecule has 0 bridgehead atoms. The lowest BCUT2D eigenvalue weighted by Crippen LogP contribution is -2.44. The largest absolute Gasteiger partial charge is 0.352 e. The van der Waals surface area contributed by atoms with Gasteiger partial charge in [0.15, 0.2) is 0 Å². The Labute approximate surface area is 229 Å². The minimum absolute atomic E-state index is 0.0358. The summed E-state index contributed by atoms with van der Waals surface area (Å²) in [6.45, 7) is 5.75. The summed E-state index contributed by atoms with van der Waals surface area (Å²) >= 11 is 9.53. The van der Waals surface area contributed by atoms with Gasteiger partial charge >= 0.3 is 0 Å². The first-order valence-corrected chi connectivity index (χ1v) is 14.3. The average molecular weight is 551 g/mol. The number of nitrogens with zero attached hydrogens (tertiary/aromatic N) is 3. The van der Waals surface area contributed by atoms with E-state index < -0.39 is 0 Å². The van der Waals surface area contributed by atoms with E-state index in [1.54, 1.807) is 16.2 Å². The second kappa shape index (κ2) is 10.7. The number of halogens is 1. The summed E-state index contributed by atoms with van der Waals surface area (Å²) in [7, 11) is 0. The van der Waals surface area contributed by atoms with Crippen molar-refractivity contribution >= 4 is 52.3 Å². The summed E-state index contributed by atoms with van der Waals surface area (Å²) in [6.07, 6.45) is 0. The normalized spacial score (nSPS) is 15.5. The van der Waals surface area contributed by atoms with E-state index in [1.165, 1.54) is 11.8 Å². The molecule has 2 amide bonds. The van der Waals surface area contributed by atoms with Crippen LogP contribution >= 0.6 is 34.7 Å². The van der Waals surface area contributed by atoms with Crippen molar-refractivity contribution in [3.05, 3.63) is 87.8 Å². The van der Waals surface area contributed by atoms with Crippen LogP contribution in [0.2, 0.25) is 5.02 Å². The third kappa shape index (κ3) is 5.32. The summed E-state index contributed by atoms with van der Waals surface area (Å²) < 4.78 is 1.81. The monoisotopic (exact) mass is 550 g/mol. The van der Waals surface area contributed by atoms with Crippen LogP contribution in [-0.2, 0) is 9.59 Å². The van der Waals surface area contributed by atoms with Crippen molar-refractivity contribution in [2.24, 2.45) is 0 Å². The van der Waals surface area contributed by atoms with Crippen LogP contribution in [0.25, 0.3) is 16.3 Å². The molecule has 0 radical (unpaired) electrons. The van der Waals surface area contributed by atoms with Crippen LogP contribution in [-0.4, -0.2) is 39.9 Å². The number of aromatic nitrogens is 2. The summed E-state index contributed by atoms with van der Waals surface area (Å²) in [5.74, 6) is 0.486. The quantitative estimate of drug-likeness (QED) is 0.308. The lowest BCUT2D eigenvalue weighted by atomic mass is 10.0. The molecule has 190 valence electrons. The van der Waals surface area contributed by atoms with Gasteiger partial charge in [-0.25, -0.2) is 4.68 Å². The number of nitrogens with one attached hydrogen (secondary N) is 1. The second-order valence-corrected chi connectivity index (χ2v) is 11.7. The fourth-order valence-corrected chi connectivity index (χ4v) is 6.53. The molecule has 0 unspecified atom stereocenters. The van der Waals surface area contributed by atoms with Gasteiger partial charge in [0.25, 0.3) is 0 Å². The van der Waals surface area contributed by atoms with Gasteiger partial charge in [-0.2, -0.15) is 5.10 Å². The number of carbonyl (C=O) groups is 2. The molecule has 1 aliphatic heterocycles. The van der Waals surface area contributed by atoms with E-state index in [4.69, 9.17) is 16.7 Å². The van der Waals surface area contributed by atoms with Gasteiger partial charge in [0.05, 0.1) is 21.6 Å². The van der Waals surface area contributed by atoms with Gasteiger partial charge in [0.2, 0.25) is 11.8 Å². The molecule has 1 atom stereocenters. The zero-order valence-corrected chi connectivity index (χ0v) is 23.2. The fraction of sp³-hybridized carbons (Fsp3) is 0.250. The number of rotatable bonds is 6. The van der Waals surface area contributed by atoms with Crippen LogP contribution < -0.4 is 10.2 Å². The van der Waals surface area contributed by atoms with E-state index in [0.717, 1.165) is 32.9 Å². The molecule has 4 aromatic rings. The first kappa shape index (κ1) is 25.6. The molecule has 0 aliphatic carbocycles. The molecule has 3 heterocycles. The lowest BCUT2D eigenvalue weighted by Gasteiger charge is -2.23. The summed E-state index contributed by atoms with van der Waals surface area (Å²) in [5.41, 5.74) is 4.63. The smallest absolute Gasteiger partial charge is 0.240 e. The molecule has 5 rings (SSSR count). The SMILES string of the molecule is Cc1ccc(-n2nc(-c3cccs3)c3c2N(CC(=O)NC(C)C)C(=O)CS[C@H]3c2cccc(Cl)c2)cc1. The maximum atomic E-state index is 13.6. The van der Waals surface area contributed by atoms with Crippen LogP contribution in [0.4, 0.5) is 5.82 Å². The molecular formula is C28H27ClN4O2S2. The van der Waals surface area contributed by atoms with Gasteiger partial charge in [-0.05, 0) is 62.0 Å². The molecule has 1 N–H and O–H groups in total. The van der Waals surface area contributed by atoms with E-state index in [0.29, 0.717) is 10.8 Å². The van der Waals surface area contributed by atoms with Crippen molar-refractivity contribution in [2.45, 2.75) is 32.1 Å². The van der Waals surface area contributed by atoms with Gasteiger partial charge < -0.3 is 5.32 Å². The zero-order chi connectivity index (χ0) is 26.1. The second-order valence-electron chi connectivity index (χ2n) is 9.26. The molecule has 0 saturated carbocycles. The Morgan fingerprint density at radius 3 is 2.62 bits per heavy atom. The molecular weight excluding hydrogens is 524 g/mol. The minimum atomic E-state index is -0.213. The zero-order valence-electron chi connectivity index (χ0n) is 20.8. The lowest BCUT2D eigenvalue weighted by molar-refractivity contribution is -0.123. The van der Waals surface area contributed by atoms with Crippen LogP contribution in [0.5, 0.6) is 0 Å². The Morgan fingerprint density at radius 1 is 1.16 bits per heavy atom. The van der Waals surface area contributed by atoms with Crippen LogP contribution in [0.3, 0.4) is 0 Å². The number of aryl methyl sites for hydroxylation is 1. The van der Waals surface area contributed by atoms with Crippen molar-refractivity contribution in [1.29, 1.82) is 0 Å². The third-order valence-electron chi connectivity index (χ3n) is 6.02. The average Bonchev–Trinajstić information content (AvgIpc) is 3.49. The highest BCUT2D eigenvalue weighted by Crippen LogP contribution is 2.49. The Balaban J connectivity index is 1.78. The molecule has 1 aliphatic rings. The standard InChI is InChI=1S/C28H27ClN4O2S2/c1-17(2)30-23(34)15-32-24(35)16-37-27(19-6-4-7-20(29)14-19)25-26(22-8-5-13-36-22)31-33(28(25)32)21-11-9-18(3)10-12-21/h4-14,17,27H,15-16H2,1-3H3,(H,30,34)/t27-/m0/s1. The van der Waals surface area contributed by atoms with Gasteiger partial charge in [-0.15, -0.1) is 23.1 Å². The highest BCUT2D eigenvalue weighted by atomic mass is 35.5. The molecule has 9 heteroatoms. The Morgan fingerprint density at radius 2 is 1.95 bits per heavy atom. The third-order valence-corrected chi connectivity index (χ3v) is 8.39. The number of anilines is 1. The summed E-state index contributed by atoms with van der Waals surface area (Å²) in [4.78, 5) is 29.2. The molecule has 0 saturated heterocycles. The molecule has 37 heavy (non-hydrogen) atoms. The van der Waals surface area contributed by atoms with Crippen molar-refractivity contribution < 1.29 is 9.59 Å². The topological polar surface area (TPSA) is 67.2 Å². The van der Waals surface area contributed by atoms with Crippen LogP contribution in [0, 0.1) is 6.92 Å². The predicted molar refractivity (Wildman–Crippen MR) is 153 cm³/mol. The van der Waals surface area contributed by atoms with Gasteiger partial charge in [-0.3, -0.25) is 14.5 Å². The minimum Gasteiger partial charge on any atom is -0.352 e. The van der Waals surface area contributed by atoms with Crippen LogP contribution in [0.15, 0.2) is 66.0 Å². The number of thiophene rings is 1. The van der Waals surface area contributed by atoms with Crippen molar-refractivity contribution in [3.8, 4) is 16.3 Å². The first-order valence-electron chi connectivity index (χ1n) is 12.0. The Bertz CT molecular complexity index is 1430. The van der Waals surface area contributed by atoms with Crippen molar-refractivity contribution in [1.82, 2.24) is 15.1 Å². The van der Waals surface area contributed by atoms with Gasteiger partial charge in [0.1, 0.15) is 18.1 Å². The molecule has 6 nitrogen and oxygen atoms in total. The number of carbonyl (C=O) groups excluding carboxylic acids is 2. The number of fused-ring (bicyclic) bond motifs is 1.